The van der Waals surface area contributed by atoms with E-state index in [1.807, 2.05) is 52.0 Å². The van der Waals surface area contributed by atoms with E-state index in [1.54, 1.807) is 0 Å². The minimum absolute atomic E-state index is 0.0860. The van der Waals surface area contributed by atoms with E-state index in [0.717, 1.165) is 16.9 Å². The van der Waals surface area contributed by atoms with Gasteiger partial charge in [0.25, 0.3) is 5.91 Å². The van der Waals surface area contributed by atoms with Crippen molar-refractivity contribution in [3.8, 4) is 0 Å². The highest BCUT2D eigenvalue weighted by atomic mass is 16.3. The number of anilines is 1. The molecule has 0 aliphatic carbocycles. The molecule has 1 aromatic carbocycles. The Hall–Kier alpha value is -2.23. The molecule has 0 saturated heterocycles. The molecular weight excluding hydrogens is 252 g/mol. The van der Waals surface area contributed by atoms with Crippen molar-refractivity contribution in [1.29, 1.82) is 0 Å². The Morgan fingerprint density at radius 1 is 1.15 bits per heavy atom. The molecule has 4 nitrogen and oxygen atoms in total. The van der Waals surface area contributed by atoms with E-state index >= 15 is 0 Å². The van der Waals surface area contributed by atoms with Crippen LogP contribution in [0, 0.1) is 20.8 Å². The van der Waals surface area contributed by atoms with Crippen molar-refractivity contribution < 1.29 is 9.21 Å². The van der Waals surface area contributed by atoms with Crippen LogP contribution in [0.15, 0.2) is 28.7 Å². The van der Waals surface area contributed by atoms with E-state index in [1.165, 1.54) is 0 Å². The predicted molar refractivity (Wildman–Crippen MR) is 79.7 cm³/mol. The molecule has 1 atom stereocenters. The lowest BCUT2D eigenvalue weighted by atomic mass is 10.1. The molecular formula is C16H20N2O2. The molecule has 106 valence electrons. The molecule has 0 saturated carbocycles. The molecule has 1 amide bonds. The molecule has 0 aliphatic heterocycles. The zero-order valence-corrected chi connectivity index (χ0v) is 12.3. The monoisotopic (exact) mass is 272 g/mol. The fourth-order valence-corrected chi connectivity index (χ4v) is 2.26. The maximum atomic E-state index is 12.4. The molecule has 0 spiro atoms. The molecule has 2 aromatic rings. The van der Waals surface area contributed by atoms with Crippen LogP contribution in [-0.4, -0.2) is 5.91 Å². The Kier molecular flexibility index (Phi) is 3.84. The van der Waals surface area contributed by atoms with Gasteiger partial charge >= 0.3 is 0 Å². The molecule has 0 fully saturated rings. The number of amides is 1. The van der Waals surface area contributed by atoms with E-state index in [0.29, 0.717) is 17.0 Å². The van der Waals surface area contributed by atoms with Crippen LogP contribution < -0.4 is 11.1 Å². The lowest BCUT2D eigenvalue weighted by Gasteiger charge is -2.14. The first-order chi connectivity index (χ1) is 9.40. The van der Waals surface area contributed by atoms with Crippen LogP contribution in [0.1, 0.15) is 46.0 Å². The van der Waals surface area contributed by atoms with E-state index in [9.17, 15) is 4.79 Å². The SMILES string of the molecule is Cc1oc(C)c(C(=O)NC(C)c2ccc(N)cc2)c1C. The molecule has 0 radical (unpaired) electrons. The van der Waals surface area contributed by atoms with Crippen LogP contribution in [0.4, 0.5) is 5.69 Å². The van der Waals surface area contributed by atoms with E-state index < -0.39 is 0 Å². The maximum absolute atomic E-state index is 12.4. The number of rotatable bonds is 3. The smallest absolute Gasteiger partial charge is 0.255 e. The summed E-state index contributed by atoms with van der Waals surface area (Å²) in [6, 6.07) is 7.41. The summed E-state index contributed by atoms with van der Waals surface area (Å²) in [4.78, 5) is 12.4. The predicted octanol–water partition coefficient (Wildman–Crippen LogP) is 3.28. The van der Waals surface area contributed by atoms with Crippen molar-refractivity contribution in [2.45, 2.75) is 33.7 Å². The highest BCUT2D eigenvalue weighted by Crippen LogP contribution is 2.22. The van der Waals surface area contributed by atoms with Gasteiger partial charge in [-0.2, -0.15) is 0 Å². The first kappa shape index (κ1) is 14.2. The highest BCUT2D eigenvalue weighted by molar-refractivity contribution is 5.97. The van der Waals surface area contributed by atoms with Gasteiger partial charge in [0.1, 0.15) is 11.5 Å². The average molecular weight is 272 g/mol. The molecule has 4 heteroatoms. The van der Waals surface area contributed by atoms with Gasteiger partial charge in [0.2, 0.25) is 0 Å². The van der Waals surface area contributed by atoms with E-state index in [4.69, 9.17) is 10.2 Å². The Morgan fingerprint density at radius 3 is 2.25 bits per heavy atom. The summed E-state index contributed by atoms with van der Waals surface area (Å²) in [5.74, 6) is 1.33. The number of nitrogen functional groups attached to an aromatic ring is 1. The third kappa shape index (κ3) is 2.69. The molecule has 1 unspecified atom stereocenters. The van der Waals surface area contributed by atoms with Crippen molar-refractivity contribution in [2.75, 3.05) is 5.73 Å². The second kappa shape index (κ2) is 5.41. The Bertz CT molecular complexity index is 627. The molecule has 20 heavy (non-hydrogen) atoms. The number of aryl methyl sites for hydroxylation is 2. The fourth-order valence-electron chi connectivity index (χ4n) is 2.26. The molecule has 0 aliphatic rings. The number of furan rings is 1. The standard InChI is InChI=1S/C16H20N2O2/c1-9-11(3)20-12(4)15(9)16(19)18-10(2)13-5-7-14(17)8-6-13/h5-8,10H,17H2,1-4H3,(H,18,19). The van der Waals surface area contributed by atoms with Gasteiger partial charge in [-0.1, -0.05) is 12.1 Å². The summed E-state index contributed by atoms with van der Waals surface area (Å²) >= 11 is 0. The third-order valence-electron chi connectivity index (χ3n) is 3.57. The summed E-state index contributed by atoms with van der Waals surface area (Å²) in [7, 11) is 0. The van der Waals surface area contributed by atoms with Crippen molar-refractivity contribution in [2.24, 2.45) is 0 Å². The lowest BCUT2D eigenvalue weighted by Crippen LogP contribution is -2.27. The summed E-state index contributed by atoms with van der Waals surface area (Å²) in [6.07, 6.45) is 0. The number of hydrogen-bond acceptors (Lipinski definition) is 3. The minimum atomic E-state index is -0.110. The normalized spacial score (nSPS) is 12.2. The van der Waals surface area contributed by atoms with Crippen LogP contribution in [0.25, 0.3) is 0 Å². The average Bonchev–Trinajstić information content (AvgIpc) is 2.63. The summed E-state index contributed by atoms with van der Waals surface area (Å²) in [5, 5.41) is 2.99. The lowest BCUT2D eigenvalue weighted by molar-refractivity contribution is 0.0938. The number of benzene rings is 1. The second-order valence-corrected chi connectivity index (χ2v) is 5.08. The first-order valence-electron chi connectivity index (χ1n) is 6.63. The highest BCUT2D eigenvalue weighted by Gasteiger charge is 2.20. The van der Waals surface area contributed by atoms with Crippen molar-refractivity contribution >= 4 is 11.6 Å². The number of hydrogen-bond donors (Lipinski definition) is 2. The van der Waals surface area contributed by atoms with Crippen molar-refractivity contribution in [1.82, 2.24) is 5.32 Å². The van der Waals surface area contributed by atoms with Gasteiger partial charge in [-0.3, -0.25) is 4.79 Å². The Balaban J connectivity index is 2.17. The van der Waals surface area contributed by atoms with Crippen LogP contribution in [0.3, 0.4) is 0 Å². The van der Waals surface area contributed by atoms with Gasteiger partial charge in [-0.25, -0.2) is 0 Å². The molecule has 1 aromatic heterocycles. The second-order valence-electron chi connectivity index (χ2n) is 5.08. The van der Waals surface area contributed by atoms with Crippen LogP contribution in [-0.2, 0) is 0 Å². The van der Waals surface area contributed by atoms with Crippen LogP contribution in [0.5, 0.6) is 0 Å². The zero-order valence-electron chi connectivity index (χ0n) is 12.3. The summed E-state index contributed by atoms with van der Waals surface area (Å²) in [5.41, 5.74) is 8.91. The van der Waals surface area contributed by atoms with Gasteiger partial charge in [0, 0.05) is 11.3 Å². The largest absolute Gasteiger partial charge is 0.466 e. The first-order valence-corrected chi connectivity index (χ1v) is 6.63. The van der Waals surface area contributed by atoms with Crippen molar-refractivity contribution in [3.63, 3.8) is 0 Å². The van der Waals surface area contributed by atoms with Gasteiger partial charge in [0.15, 0.2) is 0 Å². The van der Waals surface area contributed by atoms with Crippen LogP contribution >= 0.6 is 0 Å². The quantitative estimate of drug-likeness (QED) is 0.842. The van der Waals surface area contributed by atoms with Crippen molar-refractivity contribution in [3.05, 3.63) is 52.5 Å². The molecule has 3 N–H and O–H groups in total. The van der Waals surface area contributed by atoms with Crippen LogP contribution in [0.2, 0.25) is 0 Å². The van der Waals surface area contributed by atoms with Gasteiger partial charge in [0.05, 0.1) is 11.6 Å². The summed E-state index contributed by atoms with van der Waals surface area (Å²) in [6.45, 7) is 7.51. The van der Waals surface area contributed by atoms with E-state index in [-0.39, 0.29) is 11.9 Å². The molecule has 0 bridgehead atoms. The number of nitrogens with two attached hydrogens (primary N) is 1. The van der Waals surface area contributed by atoms with Gasteiger partial charge < -0.3 is 15.5 Å². The van der Waals surface area contributed by atoms with Gasteiger partial charge in [-0.05, 0) is 45.4 Å². The maximum Gasteiger partial charge on any atom is 0.255 e. The van der Waals surface area contributed by atoms with Gasteiger partial charge in [-0.15, -0.1) is 0 Å². The number of carbonyl (C=O) groups is 1. The number of nitrogens with one attached hydrogen (secondary N) is 1. The fraction of sp³-hybridized carbons (Fsp3) is 0.312. The summed E-state index contributed by atoms with van der Waals surface area (Å²) < 4.78 is 5.49. The topological polar surface area (TPSA) is 68.3 Å². The third-order valence-corrected chi connectivity index (χ3v) is 3.57. The molecule has 2 rings (SSSR count). The Morgan fingerprint density at radius 2 is 1.75 bits per heavy atom. The minimum Gasteiger partial charge on any atom is -0.466 e. The number of carbonyl (C=O) groups excluding carboxylic acids is 1. The van der Waals surface area contributed by atoms with E-state index in [2.05, 4.69) is 5.32 Å². The Labute approximate surface area is 119 Å². The molecule has 1 heterocycles. The zero-order chi connectivity index (χ0) is 14.9.